The van der Waals surface area contributed by atoms with Gasteiger partial charge in [0.2, 0.25) is 6.41 Å². The van der Waals surface area contributed by atoms with E-state index in [1.54, 1.807) is 0 Å². The maximum absolute atomic E-state index is 10.2. The molecule has 52 valence electrons. The second-order valence-corrected chi connectivity index (χ2v) is 3.61. The number of hydrogen-bond donors (Lipinski definition) is 0. The lowest BCUT2D eigenvalue weighted by molar-refractivity contribution is -0.118. The van der Waals surface area contributed by atoms with Crippen LogP contribution in [-0.4, -0.2) is 29.2 Å². The van der Waals surface area contributed by atoms with Crippen molar-refractivity contribution in [3.8, 4) is 0 Å². The van der Waals surface area contributed by atoms with Gasteiger partial charge < -0.3 is 4.90 Å². The molecule has 0 N–H and O–H groups in total. The predicted octanol–water partition coefficient (Wildman–Crippen LogP) is 1.00. The Hall–Kier alpha value is -0.0500. The minimum Gasteiger partial charge on any atom is -0.345 e. The third-order valence-electron chi connectivity index (χ3n) is 1.61. The molecule has 0 aromatic heterocycles. The Bertz CT molecular complexity index is 99.2. The van der Waals surface area contributed by atoms with Crippen molar-refractivity contribution in [3.63, 3.8) is 0 Å². The maximum atomic E-state index is 10.2. The van der Waals surface area contributed by atoms with E-state index in [9.17, 15) is 4.79 Å². The lowest BCUT2D eigenvalue weighted by Gasteiger charge is -2.25. The van der Waals surface area contributed by atoms with E-state index in [1.807, 2.05) is 4.90 Å². The van der Waals surface area contributed by atoms with Gasteiger partial charge in [0, 0.05) is 17.9 Å². The highest BCUT2D eigenvalue weighted by Gasteiger charge is 2.14. The summed E-state index contributed by atoms with van der Waals surface area (Å²) in [6.07, 6.45) is 3.12. The van der Waals surface area contributed by atoms with E-state index in [2.05, 4.69) is 15.9 Å². The minimum atomic E-state index is 0.633. The molecule has 1 amide bonds. The van der Waals surface area contributed by atoms with Gasteiger partial charge in [-0.2, -0.15) is 0 Å². The van der Waals surface area contributed by atoms with Crippen LogP contribution in [-0.2, 0) is 4.79 Å². The summed E-state index contributed by atoms with van der Waals surface area (Å²) >= 11 is 3.50. The van der Waals surface area contributed by atoms with Gasteiger partial charge in [-0.1, -0.05) is 15.9 Å². The number of rotatable bonds is 1. The number of nitrogens with zero attached hydrogens (tertiary/aromatic N) is 1. The van der Waals surface area contributed by atoms with E-state index in [4.69, 9.17) is 0 Å². The van der Waals surface area contributed by atoms with Crippen LogP contribution in [0.5, 0.6) is 0 Å². The molecule has 1 rings (SSSR count). The summed E-state index contributed by atoms with van der Waals surface area (Å²) in [6, 6.07) is 0. The fourth-order valence-corrected chi connectivity index (χ4v) is 1.38. The average Bonchev–Trinajstić information content (AvgIpc) is 1.90. The van der Waals surface area contributed by atoms with Gasteiger partial charge in [-0.3, -0.25) is 4.79 Å². The number of likely N-dealkylation sites (tertiary alicyclic amines) is 1. The summed E-state index contributed by atoms with van der Waals surface area (Å²) in [6.45, 7) is 1.83. The van der Waals surface area contributed by atoms with Crippen LogP contribution in [0, 0.1) is 0 Å². The largest absolute Gasteiger partial charge is 0.345 e. The van der Waals surface area contributed by atoms with Gasteiger partial charge in [-0.25, -0.2) is 0 Å². The van der Waals surface area contributed by atoms with Crippen molar-refractivity contribution in [2.24, 2.45) is 0 Å². The highest BCUT2D eigenvalue weighted by molar-refractivity contribution is 9.09. The van der Waals surface area contributed by atoms with Crippen molar-refractivity contribution in [1.29, 1.82) is 0 Å². The number of amides is 1. The van der Waals surface area contributed by atoms with Crippen molar-refractivity contribution in [2.75, 3.05) is 13.1 Å². The quantitative estimate of drug-likeness (QED) is 0.448. The molecule has 0 bridgehead atoms. The summed E-state index contributed by atoms with van der Waals surface area (Å²) in [7, 11) is 0. The van der Waals surface area contributed by atoms with E-state index >= 15 is 0 Å². The Morgan fingerprint density at radius 3 is 2.44 bits per heavy atom. The molecule has 0 spiro atoms. The van der Waals surface area contributed by atoms with Crippen LogP contribution in [0.3, 0.4) is 0 Å². The molecule has 0 saturated carbocycles. The Morgan fingerprint density at radius 2 is 2.00 bits per heavy atom. The summed E-state index contributed by atoms with van der Waals surface area (Å²) in [4.78, 5) is 12.6. The summed E-state index contributed by atoms with van der Waals surface area (Å²) in [5.74, 6) is 0. The molecular weight excluding hydrogens is 182 g/mol. The zero-order chi connectivity index (χ0) is 6.69. The van der Waals surface area contributed by atoms with E-state index < -0.39 is 0 Å². The molecule has 1 heterocycles. The number of carbonyl (C=O) groups excluding carboxylic acids is 1. The molecule has 0 unspecified atom stereocenters. The SMILES string of the molecule is O=CN1CCC(Br)CC1. The zero-order valence-corrected chi connectivity index (χ0v) is 6.80. The standard InChI is InChI=1S/C6H10BrNO/c7-6-1-3-8(5-9)4-2-6/h5-6H,1-4H2. The Labute approximate surface area is 63.3 Å². The molecule has 0 aliphatic carbocycles. The van der Waals surface area contributed by atoms with Crippen LogP contribution in [0.4, 0.5) is 0 Å². The van der Waals surface area contributed by atoms with E-state index in [1.165, 1.54) is 0 Å². The summed E-state index contributed by atoms with van der Waals surface area (Å²) < 4.78 is 0. The molecule has 2 nitrogen and oxygen atoms in total. The Morgan fingerprint density at radius 1 is 1.44 bits per heavy atom. The van der Waals surface area contributed by atoms with Crippen LogP contribution in [0.25, 0.3) is 0 Å². The van der Waals surface area contributed by atoms with Gasteiger partial charge in [0.25, 0.3) is 0 Å². The van der Waals surface area contributed by atoms with Gasteiger partial charge in [-0.15, -0.1) is 0 Å². The van der Waals surface area contributed by atoms with Crippen LogP contribution in [0.15, 0.2) is 0 Å². The topological polar surface area (TPSA) is 20.3 Å². The second-order valence-electron chi connectivity index (χ2n) is 2.32. The fourth-order valence-electron chi connectivity index (χ4n) is 0.973. The fraction of sp³-hybridized carbons (Fsp3) is 0.833. The van der Waals surface area contributed by atoms with Crippen LogP contribution in [0.1, 0.15) is 12.8 Å². The zero-order valence-electron chi connectivity index (χ0n) is 5.22. The molecule has 0 aromatic carbocycles. The average molecular weight is 192 g/mol. The van der Waals surface area contributed by atoms with Crippen molar-refractivity contribution in [3.05, 3.63) is 0 Å². The third-order valence-corrected chi connectivity index (χ3v) is 2.52. The first-order valence-electron chi connectivity index (χ1n) is 3.16. The van der Waals surface area contributed by atoms with Crippen LogP contribution in [0.2, 0.25) is 0 Å². The number of halogens is 1. The smallest absolute Gasteiger partial charge is 0.209 e. The number of alkyl halides is 1. The molecule has 0 aromatic rings. The molecule has 9 heavy (non-hydrogen) atoms. The monoisotopic (exact) mass is 191 g/mol. The normalized spacial score (nSPS) is 22.1. The number of hydrogen-bond acceptors (Lipinski definition) is 1. The first kappa shape index (κ1) is 7.06. The lowest BCUT2D eigenvalue weighted by Crippen LogP contribution is -2.32. The molecule has 1 aliphatic heterocycles. The molecule has 3 heteroatoms. The van der Waals surface area contributed by atoms with E-state index in [0.717, 1.165) is 32.3 Å². The van der Waals surface area contributed by atoms with Gasteiger partial charge in [0.1, 0.15) is 0 Å². The van der Waals surface area contributed by atoms with Crippen molar-refractivity contribution in [1.82, 2.24) is 4.90 Å². The number of carbonyl (C=O) groups is 1. The highest BCUT2D eigenvalue weighted by atomic mass is 79.9. The van der Waals surface area contributed by atoms with Gasteiger partial charge in [-0.05, 0) is 12.8 Å². The lowest BCUT2D eigenvalue weighted by atomic mass is 10.1. The second kappa shape index (κ2) is 3.20. The maximum Gasteiger partial charge on any atom is 0.209 e. The Balaban J connectivity index is 2.26. The molecule has 0 atom stereocenters. The molecule has 1 fully saturated rings. The summed E-state index contributed by atoms with van der Waals surface area (Å²) in [5.41, 5.74) is 0. The van der Waals surface area contributed by atoms with Crippen molar-refractivity contribution >= 4 is 22.3 Å². The predicted molar refractivity (Wildman–Crippen MR) is 39.6 cm³/mol. The van der Waals surface area contributed by atoms with Crippen LogP contribution >= 0.6 is 15.9 Å². The number of piperidine rings is 1. The Kier molecular flexibility index (Phi) is 2.51. The highest BCUT2D eigenvalue weighted by Crippen LogP contribution is 2.15. The van der Waals surface area contributed by atoms with Gasteiger partial charge in [0.05, 0.1) is 0 Å². The summed E-state index contributed by atoms with van der Waals surface area (Å²) in [5, 5.41) is 0. The van der Waals surface area contributed by atoms with Crippen LogP contribution < -0.4 is 0 Å². The molecule has 1 saturated heterocycles. The molecular formula is C6H10BrNO. The minimum absolute atomic E-state index is 0.633. The first-order valence-corrected chi connectivity index (χ1v) is 4.08. The first-order chi connectivity index (χ1) is 4.33. The van der Waals surface area contributed by atoms with Gasteiger partial charge in [0.15, 0.2) is 0 Å². The van der Waals surface area contributed by atoms with Crippen molar-refractivity contribution < 1.29 is 4.79 Å². The third kappa shape index (κ3) is 1.97. The van der Waals surface area contributed by atoms with Crippen molar-refractivity contribution in [2.45, 2.75) is 17.7 Å². The van der Waals surface area contributed by atoms with Gasteiger partial charge >= 0.3 is 0 Å². The van der Waals surface area contributed by atoms with E-state index in [0.29, 0.717) is 4.83 Å². The van der Waals surface area contributed by atoms with E-state index in [-0.39, 0.29) is 0 Å². The molecule has 1 aliphatic rings. The molecule has 0 radical (unpaired) electrons.